The molecule has 1 fully saturated rings. The van der Waals surface area contributed by atoms with Crippen molar-refractivity contribution in [3.63, 3.8) is 0 Å². The SMILES string of the molecule is CN(C)c1ccc(C2CCCCN2c2ccc(C(=O)Nc3ccc(-n4ncc5cc(NC(=O)c6cccs6)ccc54)cc3)cc2)cc1. The van der Waals surface area contributed by atoms with E-state index in [0.717, 1.165) is 41.7 Å². The standard InChI is InChI=1S/C38H36N6O2S/c1-42(2)31-15-8-26(9-16-31)34-6-3-4-22-43(34)32-17-10-27(11-18-32)37(45)40-29-12-19-33(20-13-29)44-35-21-14-30(24-28(35)25-39-44)41-38(46)36-7-5-23-47-36/h5,7-21,23-25,34H,3-4,6,22H2,1-2H3,(H,40,45)(H,41,46). The van der Waals surface area contributed by atoms with Gasteiger partial charge in [-0.25, -0.2) is 4.68 Å². The molecule has 1 aliphatic heterocycles. The van der Waals surface area contributed by atoms with Crippen LogP contribution in [0.4, 0.5) is 22.7 Å². The zero-order valence-corrected chi connectivity index (χ0v) is 27.2. The van der Waals surface area contributed by atoms with Crippen LogP contribution in [-0.4, -0.2) is 42.2 Å². The van der Waals surface area contributed by atoms with Crippen molar-refractivity contribution >= 4 is 56.8 Å². The minimum atomic E-state index is -0.152. The number of hydrogen-bond acceptors (Lipinski definition) is 6. The largest absolute Gasteiger partial charge is 0.378 e. The fourth-order valence-electron chi connectivity index (χ4n) is 6.19. The zero-order valence-electron chi connectivity index (χ0n) is 26.4. The van der Waals surface area contributed by atoms with Crippen molar-refractivity contribution in [1.29, 1.82) is 0 Å². The van der Waals surface area contributed by atoms with Gasteiger partial charge in [-0.05, 0) is 115 Å². The van der Waals surface area contributed by atoms with Gasteiger partial charge >= 0.3 is 0 Å². The topological polar surface area (TPSA) is 82.5 Å². The maximum absolute atomic E-state index is 13.2. The summed E-state index contributed by atoms with van der Waals surface area (Å²) in [6.07, 6.45) is 5.27. The highest BCUT2D eigenvalue weighted by Gasteiger charge is 2.24. The van der Waals surface area contributed by atoms with E-state index in [4.69, 9.17) is 0 Å². The summed E-state index contributed by atoms with van der Waals surface area (Å²) in [4.78, 5) is 30.9. The van der Waals surface area contributed by atoms with E-state index in [9.17, 15) is 9.59 Å². The van der Waals surface area contributed by atoms with Crippen LogP contribution >= 0.6 is 11.3 Å². The van der Waals surface area contributed by atoms with Gasteiger partial charge in [-0.2, -0.15) is 5.10 Å². The molecule has 0 bridgehead atoms. The van der Waals surface area contributed by atoms with Crippen LogP contribution in [0.25, 0.3) is 16.6 Å². The molecule has 4 aromatic carbocycles. The van der Waals surface area contributed by atoms with E-state index in [0.29, 0.717) is 27.9 Å². The molecule has 2 amide bonds. The molecular formula is C38H36N6O2S. The minimum absolute atomic E-state index is 0.127. The summed E-state index contributed by atoms with van der Waals surface area (Å²) in [7, 11) is 4.12. The summed E-state index contributed by atoms with van der Waals surface area (Å²) in [5, 5.41) is 13.3. The fraction of sp³-hybridized carbons (Fsp3) is 0.184. The highest BCUT2D eigenvalue weighted by atomic mass is 32.1. The molecule has 0 spiro atoms. The molecule has 6 aromatic rings. The third-order valence-electron chi connectivity index (χ3n) is 8.70. The van der Waals surface area contributed by atoms with Crippen LogP contribution in [-0.2, 0) is 0 Å². The number of carbonyl (C=O) groups excluding carboxylic acids is 2. The molecule has 7 rings (SSSR count). The monoisotopic (exact) mass is 640 g/mol. The number of aromatic nitrogens is 2. The second kappa shape index (κ2) is 13.1. The molecule has 1 unspecified atom stereocenters. The van der Waals surface area contributed by atoms with Crippen molar-refractivity contribution in [3.8, 4) is 5.69 Å². The Morgan fingerprint density at radius 3 is 2.26 bits per heavy atom. The van der Waals surface area contributed by atoms with Crippen LogP contribution in [0.3, 0.4) is 0 Å². The Morgan fingerprint density at radius 1 is 0.809 bits per heavy atom. The van der Waals surface area contributed by atoms with Crippen LogP contribution < -0.4 is 20.4 Å². The normalized spacial score (nSPS) is 14.6. The lowest BCUT2D eigenvalue weighted by molar-refractivity contribution is 0.102. The summed E-state index contributed by atoms with van der Waals surface area (Å²) >= 11 is 1.41. The number of hydrogen-bond donors (Lipinski definition) is 2. The van der Waals surface area contributed by atoms with Crippen molar-refractivity contribution in [3.05, 3.63) is 131 Å². The molecule has 2 N–H and O–H groups in total. The molecule has 1 saturated heterocycles. The number of rotatable bonds is 8. The Kier molecular flexibility index (Phi) is 8.46. The van der Waals surface area contributed by atoms with E-state index in [1.807, 2.05) is 70.7 Å². The van der Waals surface area contributed by atoms with Gasteiger partial charge < -0.3 is 20.4 Å². The van der Waals surface area contributed by atoms with Crippen molar-refractivity contribution in [1.82, 2.24) is 9.78 Å². The third-order valence-corrected chi connectivity index (χ3v) is 9.57. The van der Waals surface area contributed by atoms with E-state index in [2.05, 4.69) is 76.0 Å². The lowest BCUT2D eigenvalue weighted by Crippen LogP contribution is -2.33. The van der Waals surface area contributed by atoms with Crippen molar-refractivity contribution < 1.29 is 9.59 Å². The summed E-state index contributed by atoms with van der Waals surface area (Å²) < 4.78 is 1.84. The van der Waals surface area contributed by atoms with Gasteiger partial charge in [-0.15, -0.1) is 11.3 Å². The van der Waals surface area contributed by atoms with E-state index < -0.39 is 0 Å². The Morgan fingerprint density at radius 2 is 1.53 bits per heavy atom. The Bertz CT molecular complexity index is 2000. The summed E-state index contributed by atoms with van der Waals surface area (Å²) in [5.41, 5.74) is 7.47. The molecular weight excluding hydrogens is 605 g/mol. The molecule has 3 heterocycles. The number of benzene rings is 4. The third kappa shape index (κ3) is 6.48. The van der Waals surface area contributed by atoms with Gasteiger partial charge in [0.25, 0.3) is 11.8 Å². The number of fused-ring (bicyclic) bond motifs is 1. The smallest absolute Gasteiger partial charge is 0.265 e. The highest BCUT2D eigenvalue weighted by Crippen LogP contribution is 2.36. The number of carbonyl (C=O) groups is 2. The molecule has 236 valence electrons. The number of thiophene rings is 1. The zero-order chi connectivity index (χ0) is 32.3. The first-order chi connectivity index (χ1) is 22.9. The first-order valence-corrected chi connectivity index (χ1v) is 16.7. The summed E-state index contributed by atoms with van der Waals surface area (Å²) in [6, 6.07) is 34.1. The summed E-state index contributed by atoms with van der Waals surface area (Å²) in [6.45, 7) is 0.997. The maximum atomic E-state index is 13.2. The highest BCUT2D eigenvalue weighted by molar-refractivity contribution is 7.12. The first-order valence-electron chi connectivity index (χ1n) is 15.8. The van der Waals surface area contributed by atoms with E-state index in [1.165, 1.54) is 29.0 Å². The second-order valence-corrected chi connectivity index (χ2v) is 12.9. The summed E-state index contributed by atoms with van der Waals surface area (Å²) in [5.74, 6) is -0.279. The lowest BCUT2D eigenvalue weighted by atomic mass is 9.94. The van der Waals surface area contributed by atoms with Crippen LogP contribution in [0, 0.1) is 0 Å². The molecule has 0 aliphatic carbocycles. The van der Waals surface area contributed by atoms with Crippen LogP contribution in [0.15, 0.2) is 115 Å². The van der Waals surface area contributed by atoms with Gasteiger partial charge in [0.1, 0.15) is 0 Å². The quantitative estimate of drug-likeness (QED) is 0.175. The second-order valence-electron chi connectivity index (χ2n) is 12.0. The lowest BCUT2D eigenvalue weighted by Gasteiger charge is -2.38. The van der Waals surface area contributed by atoms with Gasteiger partial charge in [-0.1, -0.05) is 18.2 Å². The number of amides is 2. The average Bonchev–Trinajstić information content (AvgIpc) is 3.80. The maximum Gasteiger partial charge on any atom is 0.265 e. The van der Waals surface area contributed by atoms with Gasteiger partial charge in [0.05, 0.1) is 28.3 Å². The van der Waals surface area contributed by atoms with Crippen LogP contribution in [0.2, 0.25) is 0 Å². The first kappa shape index (κ1) is 30.3. The van der Waals surface area contributed by atoms with Crippen LogP contribution in [0.5, 0.6) is 0 Å². The van der Waals surface area contributed by atoms with Gasteiger partial charge in [0, 0.05) is 54.3 Å². The Hall–Kier alpha value is -5.41. The fourth-order valence-corrected chi connectivity index (χ4v) is 6.81. The molecule has 0 radical (unpaired) electrons. The molecule has 1 aliphatic rings. The Labute approximate surface area is 278 Å². The number of nitrogens with one attached hydrogen (secondary N) is 2. The van der Waals surface area contributed by atoms with Crippen molar-refractivity contribution in [2.24, 2.45) is 0 Å². The predicted molar refractivity (Wildman–Crippen MR) is 192 cm³/mol. The molecule has 47 heavy (non-hydrogen) atoms. The number of piperidine rings is 1. The van der Waals surface area contributed by atoms with E-state index in [1.54, 1.807) is 12.3 Å². The molecule has 1 atom stereocenters. The number of anilines is 4. The molecule has 9 heteroatoms. The molecule has 8 nitrogen and oxygen atoms in total. The van der Waals surface area contributed by atoms with Crippen molar-refractivity contribution in [2.75, 3.05) is 41.1 Å². The van der Waals surface area contributed by atoms with Crippen molar-refractivity contribution in [2.45, 2.75) is 25.3 Å². The van der Waals surface area contributed by atoms with Gasteiger partial charge in [0.2, 0.25) is 0 Å². The average molecular weight is 641 g/mol. The molecule has 2 aromatic heterocycles. The van der Waals surface area contributed by atoms with Gasteiger partial charge in [-0.3, -0.25) is 9.59 Å². The predicted octanol–water partition coefficient (Wildman–Crippen LogP) is 8.39. The minimum Gasteiger partial charge on any atom is -0.378 e. The van der Waals surface area contributed by atoms with E-state index >= 15 is 0 Å². The van der Waals surface area contributed by atoms with Crippen LogP contribution in [0.1, 0.15) is 50.9 Å². The number of nitrogens with zero attached hydrogens (tertiary/aromatic N) is 4. The van der Waals surface area contributed by atoms with Gasteiger partial charge in [0.15, 0.2) is 0 Å². The molecule has 0 saturated carbocycles. The van der Waals surface area contributed by atoms with E-state index in [-0.39, 0.29) is 11.8 Å². The Balaban J connectivity index is 1.00.